The van der Waals surface area contributed by atoms with Crippen molar-refractivity contribution in [2.24, 2.45) is 0 Å². The van der Waals surface area contributed by atoms with Crippen molar-refractivity contribution in [1.29, 1.82) is 0 Å². The highest BCUT2D eigenvalue weighted by Crippen LogP contribution is 2.37. The molecule has 154 valence electrons. The standard InChI is InChI=1S/C19H19F4N4OP/c1-10(13-6-5-7-15(16(13)20)19(21,22)23)25-18-14-8-12(29(3,4)28)9-24-17(14)26-11(2)27-18/h5-10H,1-4H3,(H,24,25,26,27). The van der Waals surface area contributed by atoms with Crippen LogP contribution in [-0.4, -0.2) is 28.3 Å². The molecule has 1 atom stereocenters. The Kier molecular flexibility index (Phi) is 5.38. The number of hydrogen-bond donors (Lipinski definition) is 1. The molecule has 0 fully saturated rings. The number of pyridine rings is 1. The molecule has 0 aliphatic rings. The molecule has 0 aliphatic carbocycles. The van der Waals surface area contributed by atoms with E-state index < -0.39 is 30.7 Å². The minimum Gasteiger partial charge on any atom is -0.363 e. The Morgan fingerprint density at radius 2 is 1.86 bits per heavy atom. The second kappa shape index (κ2) is 7.37. The number of halogens is 4. The zero-order chi connectivity index (χ0) is 21.6. The maximum Gasteiger partial charge on any atom is 0.419 e. The van der Waals surface area contributed by atoms with Crippen LogP contribution in [0.4, 0.5) is 23.4 Å². The van der Waals surface area contributed by atoms with Crippen LogP contribution in [0, 0.1) is 12.7 Å². The van der Waals surface area contributed by atoms with E-state index in [1.54, 1.807) is 26.3 Å². The van der Waals surface area contributed by atoms with Crippen molar-refractivity contribution >= 4 is 29.3 Å². The molecule has 3 rings (SSSR count). The first-order valence-electron chi connectivity index (χ1n) is 8.70. The first-order valence-corrected chi connectivity index (χ1v) is 11.3. The molecule has 1 aromatic carbocycles. The molecule has 0 amide bonds. The van der Waals surface area contributed by atoms with Crippen LogP contribution in [0.1, 0.15) is 29.9 Å². The highest BCUT2D eigenvalue weighted by molar-refractivity contribution is 7.70. The molecule has 0 saturated heterocycles. The van der Waals surface area contributed by atoms with Gasteiger partial charge in [-0.25, -0.2) is 19.3 Å². The second-order valence-corrected chi connectivity index (χ2v) is 10.3. The Labute approximate surface area is 165 Å². The summed E-state index contributed by atoms with van der Waals surface area (Å²) in [6, 6.07) is 3.96. The normalized spacial score (nSPS) is 13.5. The van der Waals surface area contributed by atoms with Gasteiger partial charge in [-0.2, -0.15) is 13.2 Å². The topological polar surface area (TPSA) is 67.8 Å². The fraction of sp³-hybridized carbons (Fsp3) is 0.316. The van der Waals surface area contributed by atoms with Gasteiger partial charge in [0.15, 0.2) is 5.65 Å². The van der Waals surface area contributed by atoms with Crippen molar-refractivity contribution in [3.05, 3.63) is 53.2 Å². The summed E-state index contributed by atoms with van der Waals surface area (Å²) in [5, 5.41) is 3.92. The molecule has 0 radical (unpaired) electrons. The van der Waals surface area contributed by atoms with E-state index in [4.69, 9.17) is 0 Å². The molecule has 3 aromatic rings. The number of anilines is 1. The van der Waals surface area contributed by atoms with E-state index in [0.717, 1.165) is 6.07 Å². The molecular formula is C19H19F4N4OP. The van der Waals surface area contributed by atoms with Crippen LogP contribution in [0.15, 0.2) is 30.5 Å². The van der Waals surface area contributed by atoms with Gasteiger partial charge in [0.25, 0.3) is 0 Å². The Balaban J connectivity index is 2.07. The predicted octanol–water partition coefficient (Wildman–Crippen LogP) is 4.91. The van der Waals surface area contributed by atoms with Crippen molar-refractivity contribution in [3.63, 3.8) is 0 Å². The summed E-state index contributed by atoms with van der Waals surface area (Å²) < 4.78 is 66.0. The molecule has 10 heteroatoms. The van der Waals surface area contributed by atoms with Gasteiger partial charge in [-0.05, 0) is 39.3 Å². The monoisotopic (exact) mass is 426 g/mol. The zero-order valence-electron chi connectivity index (χ0n) is 16.2. The Morgan fingerprint density at radius 3 is 2.48 bits per heavy atom. The average Bonchev–Trinajstić information content (AvgIpc) is 2.59. The van der Waals surface area contributed by atoms with Crippen molar-refractivity contribution < 1.29 is 22.1 Å². The third-order valence-electron chi connectivity index (χ3n) is 4.42. The minimum absolute atomic E-state index is 0.148. The fourth-order valence-corrected chi connectivity index (χ4v) is 3.68. The molecular weight excluding hydrogens is 407 g/mol. The number of fused-ring (bicyclic) bond motifs is 1. The van der Waals surface area contributed by atoms with Crippen molar-refractivity contribution in [2.75, 3.05) is 18.6 Å². The van der Waals surface area contributed by atoms with Crippen LogP contribution in [0.3, 0.4) is 0 Å². The average molecular weight is 426 g/mol. The molecule has 0 aliphatic heterocycles. The SMILES string of the molecule is Cc1nc(NC(C)c2cccc(C(F)(F)F)c2F)c2cc(P(C)(C)=O)cnc2n1. The maximum atomic E-state index is 14.5. The number of aryl methyl sites for hydroxylation is 1. The number of alkyl halides is 3. The molecule has 5 nitrogen and oxygen atoms in total. The van der Waals surface area contributed by atoms with Gasteiger partial charge < -0.3 is 9.88 Å². The molecule has 1 unspecified atom stereocenters. The van der Waals surface area contributed by atoms with E-state index in [0.29, 0.717) is 28.2 Å². The third-order valence-corrected chi connectivity index (χ3v) is 5.91. The van der Waals surface area contributed by atoms with Crippen LogP contribution >= 0.6 is 7.14 Å². The summed E-state index contributed by atoms with van der Waals surface area (Å²) in [7, 11) is -2.61. The van der Waals surface area contributed by atoms with Gasteiger partial charge in [0.05, 0.1) is 17.0 Å². The quantitative estimate of drug-likeness (QED) is 0.474. The Bertz CT molecular complexity index is 1130. The lowest BCUT2D eigenvalue weighted by Crippen LogP contribution is -2.16. The summed E-state index contributed by atoms with van der Waals surface area (Å²) in [5.41, 5.74) is -1.13. The van der Waals surface area contributed by atoms with Gasteiger partial charge in [0.1, 0.15) is 24.6 Å². The van der Waals surface area contributed by atoms with Crippen molar-refractivity contribution in [3.8, 4) is 0 Å². The fourth-order valence-electron chi connectivity index (χ4n) is 2.90. The summed E-state index contributed by atoms with van der Waals surface area (Å²) in [4.78, 5) is 12.7. The van der Waals surface area contributed by atoms with Gasteiger partial charge in [0, 0.05) is 17.1 Å². The van der Waals surface area contributed by atoms with Gasteiger partial charge in [0.2, 0.25) is 0 Å². The van der Waals surface area contributed by atoms with E-state index in [9.17, 15) is 22.1 Å². The molecule has 29 heavy (non-hydrogen) atoms. The van der Waals surface area contributed by atoms with Gasteiger partial charge in [-0.1, -0.05) is 12.1 Å². The first kappa shape index (κ1) is 21.2. The minimum atomic E-state index is -4.79. The molecule has 1 N–H and O–H groups in total. The van der Waals surface area contributed by atoms with Crippen LogP contribution in [0.25, 0.3) is 11.0 Å². The molecule has 2 heterocycles. The van der Waals surface area contributed by atoms with Crippen LogP contribution < -0.4 is 10.6 Å². The van der Waals surface area contributed by atoms with Crippen LogP contribution in [0.2, 0.25) is 0 Å². The van der Waals surface area contributed by atoms with Gasteiger partial charge >= 0.3 is 6.18 Å². The third kappa shape index (κ3) is 4.40. The molecule has 0 spiro atoms. The predicted molar refractivity (Wildman–Crippen MR) is 105 cm³/mol. The largest absolute Gasteiger partial charge is 0.419 e. The highest BCUT2D eigenvalue weighted by Gasteiger charge is 2.35. The molecule has 0 saturated carbocycles. The smallest absolute Gasteiger partial charge is 0.363 e. The zero-order valence-corrected chi connectivity index (χ0v) is 17.1. The number of benzene rings is 1. The van der Waals surface area contributed by atoms with E-state index >= 15 is 0 Å². The summed E-state index contributed by atoms with van der Waals surface area (Å²) in [6.45, 7) is 6.36. The summed E-state index contributed by atoms with van der Waals surface area (Å²) in [6.07, 6.45) is -3.31. The van der Waals surface area contributed by atoms with Crippen molar-refractivity contribution in [2.45, 2.75) is 26.1 Å². The Morgan fingerprint density at radius 1 is 1.17 bits per heavy atom. The number of nitrogens with zero attached hydrogens (tertiary/aromatic N) is 3. The maximum absolute atomic E-state index is 14.5. The van der Waals surface area contributed by atoms with E-state index in [1.807, 2.05) is 0 Å². The van der Waals surface area contributed by atoms with E-state index in [2.05, 4.69) is 20.3 Å². The summed E-state index contributed by atoms with van der Waals surface area (Å²) in [5.74, 6) is -0.673. The molecule has 2 aromatic heterocycles. The van der Waals surface area contributed by atoms with E-state index in [1.165, 1.54) is 19.2 Å². The van der Waals surface area contributed by atoms with Crippen LogP contribution in [0.5, 0.6) is 0 Å². The summed E-state index contributed by atoms with van der Waals surface area (Å²) >= 11 is 0. The lowest BCUT2D eigenvalue weighted by atomic mass is 10.0. The van der Waals surface area contributed by atoms with Crippen molar-refractivity contribution in [1.82, 2.24) is 15.0 Å². The number of nitrogens with one attached hydrogen (secondary N) is 1. The second-order valence-electron chi connectivity index (χ2n) is 7.11. The van der Waals surface area contributed by atoms with Gasteiger partial charge in [-0.3, -0.25) is 0 Å². The van der Waals surface area contributed by atoms with E-state index in [-0.39, 0.29) is 11.4 Å². The number of rotatable bonds is 4. The number of aromatic nitrogens is 3. The van der Waals surface area contributed by atoms with Gasteiger partial charge in [-0.15, -0.1) is 0 Å². The highest BCUT2D eigenvalue weighted by atomic mass is 31.2. The number of hydrogen-bond acceptors (Lipinski definition) is 5. The van der Waals surface area contributed by atoms with Crippen LogP contribution in [-0.2, 0) is 10.7 Å². The Hall–Kier alpha value is -2.54. The first-order chi connectivity index (χ1) is 13.4. The molecule has 0 bridgehead atoms. The lowest BCUT2D eigenvalue weighted by molar-refractivity contribution is -0.140. The lowest BCUT2D eigenvalue weighted by Gasteiger charge is -2.19.